The monoisotopic (exact) mass is 306 g/mol. The fourth-order valence-electron chi connectivity index (χ4n) is 1.63. The Morgan fingerprint density at radius 2 is 2.10 bits per heavy atom. The zero-order chi connectivity index (χ0) is 15.2. The van der Waals surface area contributed by atoms with Gasteiger partial charge in [-0.1, -0.05) is 13.8 Å². The first kappa shape index (κ1) is 15.3. The maximum Gasteiger partial charge on any atom is 0.253 e. The number of H-pyrrole nitrogens is 1. The predicted octanol–water partition coefficient (Wildman–Crippen LogP) is 1.68. The summed E-state index contributed by atoms with van der Waals surface area (Å²) in [5.41, 5.74) is 5.30. The molecule has 0 atom stereocenters. The van der Waals surface area contributed by atoms with Crippen molar-refractivity contribution in [2.24, 2.45) is 0 Å². The van der Waals surface area contributed by atoms with Crippen molar-refractivity contribution in [2.45, 2.75) is 36.9 Å². The van der Waals surface area contributed by atoms with E-state index in [1.165, 1.54) is 17.8 Å². The summed E-state index contributed by atoms with van der Waals surface area (Å²) in [6, 6.07) is 3.08. The Balaban J connectivity index is 2.27. The standard InChI is InChI=1S/C13H18N6OS/c1-3-5-15-10-7-12(18-9(4-2)17-10)21-13-16-8(14)6-11(20)19-13/h6-7H,3-5H2,1-2H3,(H,15,17,18)(H3,14,16,19,20). The maximum atomic E-state index is 11.4. The molecule has 2 heterocycles. The Morgan fingerprint density at radius 1 is 1.29 bits per heavy atom. The normalized spacial score (nSPS) is 10.6. The topological polar surface area (TPSA) is 110 Å². The van der Waals surface area contributed by atoms with Crippen LogP contribution in [0, 0.1) is 0 Å². The zero-order valence-electron chi connectivity index (χ0n) is 12.0. The Morgan fingerprint density at radius 3 is 2.76 bits per heavy atom. The second kappa shape index (κ2) is 7.07. The van der Waals surface area contributed by atoms with Gasteiger partial charge in [0, 0.05) is 25.1 Å². The smallest absolute Gasteiger partial charge is 0.253 e. The molecule has 2 aromatic rings. The van der Waals surface area contributed by atoms with Gasteiger partial charge in [0.25, 0.3) is 5.56 Å². The Hall–Kier alpha value is -2.09. The van der Waals surface area contributed by atoms with Crippen molar-refractivity contribution >= 4 is 23.4 Å². The third-order valence-electron chi connectivity index (χ3n) is 2.56. The van der Waals surface area contributed by atoms with E-state index in [0.29, 0.717) is 10.2 Å². The lowest BCUT2D eigenvalue weighted by atomic mass is 10.4. The molecule has 8 heteroatoms. The summed E-state index contributed by atoms with van der Waals surface area (Å²) in [6.45, 7) is 4.93. The largest absolute Gasteiger partial charge is 0.383 e. The number of nitrogens with zero attached hydrogens (tertiary/aromatic N) is 3. The van der Waals surface area contributed by atoms with Crippen LogP contribution in [-0.2, 0) is 6.42 Å². The Bertz CT molecular complexity index is 672. The van der Waals surface area contributed by atoms with Gasteiger partial charge in [0.15, 0.2) is 5.16 Å². The number of hydrogen-bond donors (Lipinski definition) is 3. The van der Waals surface area contributed by atoms with Crippen LogP contribution in [-0.4, -0.2) is 26.5 Å². The molecule has 2 rings (SSSR count). The highest BCUT2D eigenvalue weighted by atomic mass is 32.2. The van der Waals surface area contributed by atoms with E-state index in [2.05, 4.69) is 32.2 Å². The van der Waals surface area contributed by atoms with Crippen LogP contribution in [0.1, 0.15) is 26.1 Å². The highest BCUT2D eigenvalue weighted by Crippen LogP contribution is 2.24. The van der Waals surface area contributed by atoms with Gasteiger partial charge in [0.1, 0.15) is 22.5 Å². The molecule has 2 aromatic heterocycles. The van der Waals surface area contributed by atoms with Gasteiger partial charge >= 0.3 is 0 Å². The quantitative estimate of drug-likeness (QED) is 0.550. The number of nitrogens with two attached hydrogens (primary N) is 1. The molecule has 0 saturated heterocycles. The van der Waals surface area contributed by atoms with Crippen LogP contribution in [0.4, 0.5) is 11.6 Å². The van der Waals surface area contributed by atoms with Gasteiger partial charge < -0.3 is 16.0 Å². The van der Waals surface area contributed by atoms with Gasteiger partial charge in [0.05, 0.1) is 0 Å². The fourth-order valence-corrected chi connectivity index (χ4v) is 2.45. The molecule has 0 amide bonds. The molecule has 0 fully saturated rings. The average molecular weight is 306 g/mol. The summed E-state index contributed by atoms with van der Waals surface area (Å²) in [7, 11) is 0. The van der Waals surface area contributed by atoms with Crippen LogP contribution in [0.3, 0.4) is 0 Å². The summed E-state index contributed by atoms with van der Waals surface area (Å²) >= 11 is 1.26. The minimum Gasteiger partial charge on any atom is -0.383 e. The predicted molar refractivity (Wildman–Crippen MR) is 83.6 cm³/mol. The third kappa shape index (κ3) is 4.45. The lowest BCUT2D eigenvalue weighted by Gasteiger charge is -2.08. The minimum absolute atomic E-state index is 0.190. The molecule has 0 unspecified atom stereocenters. The van der Waals surface area contributed by atoms with Gasteiger partial charge in [0.2, 0.25) is 0 Å². The molecule has 4 N–H and O–H groups in total. The first-order chi connectivity index (χ1) is 10.1. The van der Waals surface area contributed by atoms with Crippen LogP contribution >= 0.6 is 11.8 Å². The van der Waals surface area contributed by atoms with Gasteiger partial charge in [-0.3, -0.25) is 4.79 Å². The molecule has 112 valence electrons. The molecule has 0 aliphatic rings. The molecular weight excluding hydrogens is 288 g/mol. The molecule has 0 radical (unpaired) electrons. The van der Waals surface area contributed by atoms with E-state index in [1.807, 2.05) is 13.0 Å². The summed E-state index contributed by atoms with van der Waals surface area (Å²) in [6.07, 6.45) is 1.74. The number of nitrogen functional groups attached to an aromatic ring is 1. The van der Waals surface area contributed by atoms with E-state index in [1.54, 1.807) is 0 Å². The summed E-state index contributed by atoms with van der Waals surface area (Å²) in [4.78, 5) is 26.9. The van der Waals surface area contributed by atoms with Crippen molar-refractivity contribution in [3.63, 3.8) is 0 Å². The molecule has 7 nitrogen and oxygen atoms in total. The molecule has 21 heavy (non-hydrogen) atoms. The van der Waals surface area contributed by atoms with E-state index >= 15 is 0 Å². The first-order valence-electron chi connectivity index (χ1n) is 6.77. The molecule has 0 saturated carbocycles. The highest BCUT2D eigenvalue weighted by Gasteiger charge is 2.07. The molecular formula is C13H18N6OS. The third-order valence-corrected chi connectivity index (χ3v) is 3.37. The fraction of sp³-hybridized carbons (Fsp3) is 0.385. The molecule has 0 aromatic carbocycles. The van der Waals surface area contributed by atoms with Crippen LogP contribution in [0.5, 0.6) is 0 Å². The van der Waals surface area contributed by atoms with Crippen molar-refractivity contribution in [1.82, 2.24) is 19.9 Å². The van der Waals surface area contributed by atoms with E-state index in [0.717, 1.165) is 31.0 Å². The van der Waals surface area contributed by atoms with E-state index < -0.39 is 0 Å². The molecule has 0 aliphatic heterocycles. The van der Waals surface area contributed by atoms with Crippen LogP contribution in [0.15, 0.2) is 27.1 Å². The minimum atomic E-state index is -0.279. The number of rotatable bonds is 6. The second-order valence-electron chi connectivity index (χ2n) is 4.37. The number of aromatic amines is 1. The van der Waals surface area contributed by atoms with Gasteiger partial charge in [-0.15, -0.1) is 0 Å². The summed E-state index contributed by atoms with van der Waals surface area (Å²) in [5.74, 6) is 1.71. The molecule has 0 bridgehead atoms. The molecule has 0 aliphatic carbocycles. The number of nitrogens with one attached hydrogen (secondary N) is 2. The lowest BCUT2D eigenvalue weighted by Crippen LogP contribution is -2.10. The van der Waals surface area contributed by atoms with Gasteiger partial charge in [-0.05, 0) is 18.2 Å². The van der Waals surface area contributed by atoms with Crippen molar-refractivity contribution < 1.29 is 0 Å². The van der Waals surface area contributed by atoms with E-state index in [-0.39, 0.29) is 11.4 Å². The van der Waals surface area contributed by atoms with Gasteiger partial charge in [-0.2, -0.15) is 0 Å². The SMILES string of the molecule is CCCNc1cc(Sc2nc(N)cc(=O)[nH]2)nc(CC)n1. The average Bonchev–Trinajstić information content (AvgIpc) is 2.43. The molecule has 0 spiro atoms. The number of aromatic nitrogens is 4. The number of aryl methyl sites for hydroxylation is 1. The van der Waals surface area contributed by atoms with Crippen molar-refractivity contribution in [3.8, 4) is 0 Å². The second-order valence-corrected chi connectivity index (χ2v) is 5.37. The Labute approximate surface area is 126 Å². The Kier molecular flexibility index (Phi) is 5.15. The van der Waals surface area contributed by atoms with Crippen LogP contribution in [0.2, 0.25) is 0 Å². The zero-order valence-corrected chi connectivity index (χ0v) is 12.8. The van der Waals surface area contributed by atoms with E-state index in [9.17, 15) is 4.79 Å². The lowest BCUT2D eigenvalue weighted by molar-refractivity contribution is 0.871. The van der Waals surface area contributed by atoms with Crippen molar-refractivity contribution in [1.29, 1.82) is 0 Å². The van der Waals surface area contributed by atoms with Crippen LogP contribution < -0.4 is 16.6 Å². The first-order valence-corrected chi connectivity index (χ1v) is 7.59. The summed E-state index contributed by atoms with van der Waals surface area (Å²) < 4.78 is 0. The van der Waals surface area contributed by atoms with Crippen molar-refractivity contribution in [3.05, 3.63) is 28.3 Å². The summed E-state index contributed by atoms with van der Waals surface area (Å²) in [5, 5.41) is 4.37. The van der Waals surface area contributed by atoms with Crippen molar-refractivity contribution in [2.75, 3.05) is 17.6 Å². The van der Waals surface area contributed by atoms with Gasteiger partial charge in [-0.25, -0.2) is 15.0 Å². The number of anilines is 2. The van der Waals surface area contributed by atoms with Crippen LogP contribution in [0.25, 0.3) is 0 Å². The maximum absolute atomic E-state index is 11.4. The highest BCUT2D eigenvalue weighted by molar-refractivity contribution is 7.99. The number of hydrogen-bond acceptors (Lipinski definition) is 7. The van der Waals surface area contributed by atoms with E-state index in [4.69, 9.17) is 5.73 Å².